The highest BCUT2D eigenvalue weighted by Crippen LogP contribution is 2.26. The molecule has 112 valence electrons. The van der Waals surface area contributed by atoms with E-state index < -0.39 is 0 Å². The van der Waals surface area contributed by atoms with Gasteiger partial charge in [0.05, 0.1) is 6.04 Å². The summed E-state index contributed by atoms with van der Waals surface area (Å²) in [5.41, 5.74) is 1.37. The van der Waals surface area contributed by atoms with Crippen LogP contribution >= 0.6 is 11.3 Å². The summed E-state index contributed by atoms with van der Waals surface area (Å²) >= 11 is 1.84. The number of piperidine rings is 1. The second-order valence-electron chi connectivity index (χ2n) is 6.01. The van der Waals surface area contributed by atoms with E-state index in [-0.39, 0.29) is 0 Å². The summed E-state index contributed by atoms with van der Waals surface area (Å²) in [5.74, 6) is 0.812. The average Bonchev–Trinajstić information content (AvgIpc) is 3.05. The molecule has 0 radical (unpaired) electrons. The monoisotopic (exact) mass is 300 g/mol. The van der Waals surface area contributed by atoms with Crippen molar-refractivity contribution in [3.05, 3.63) is 58.3 Å². The molecule has 0 aliphatic carbocycles. The van der Waals surface area contributed by atoms with E-state index in [1.54, 1.807) is 0 Å². The third-order valence-corrected chi connectivity index (χ3v) is 5.35. The minimum Gasteiger partial charge on any atom is -0.306 e. The second-order valence-corrected chi connectivity index (χ2v) is 6.99. The number of hydrogen-bond acceptors (Lipinski definition) is 3. The first-order valence-corrected chi connectivity index (χ1v) is 8.71. The molecule has 1 fully saturated rings. The van der Waals surface area contributed by atoms with Gasteiger partial charge in [0.2, 0.25) is 0 Å². The molecule has 21 heavy (non-hydrogen) atoms. The van der Waals surface area contributed by atoms with Gasteiger partial charge in [0, 0.05) is 4.88 Å². The van der Waals surface area contributed by atoms with Gasteiger partial charge in [-0.15, -0.1) is 11.3 Å². The van der Waals surface area contributed by atoms with Gasteiger partial charge < -0.3 is 10.2 Å². The van der Waals surface area contributed by atoms with Crippen LogP contribution in [0.25, 0.3) is 0 Å². The number of nitrogens with zero attached hydrogens (tertiary/aromatic N) is 1. The zero-order valence-electron chi connectivity index (χ0n) is 12.7. The van der Waals surface area contributed by atoms with E-state index in [9.17, 15) is 0 Å². The summed E-state index contributed by atoms with van der Waals surface area (Å²) in [6.07, 6.45) is 2.63. The average molecular weight is 300 g/mol. The van der Waals surface area contributed by atoms with E-state index in [4.69, 9.17) is 0 Å². The number of nitrogens with one attached hydrogen (secondary N) is 1. The molecule has 1 saturated heterocycles. The first-order chi connectivity index (χ1) is 10.3. The maximum absolute atomic E-state index is 3.81. The number of thiophene rings is 1. The molecular weight excluding hydrogens is 276 g/mol. The van der Waals surface area contributed by atoms with Crippen molar-refractivity contribution in [3.63, 3.8) is 0 Å². The van der Waals surface area contributed by atoms with E-state index in [0.29, 0.717) is 6.04 Å². The third kappa shape index (κ3) is 3.94. The predicted octanol–water partition coefficient (Wildman–Crippen LogP) is 3.77. The Morgan fingerprint density at radius 1 is 1.14 bits per heavy atom. The maximum Gasteiger partial charge on any atom is 0.0671 e. The van der Waals surface area contributed by atoms with Gasteiger partial charge in [0.25, 0.3) is 0 Å². The van der Waals surface area contributed by atoms with Gasteiger partial charge in [-0.3, -0.25) is 0 Å². The fraction of sp³-hybridized carbons (Fsp3) is 0.444. The van der Waals surface area contributed by atoms with Crippen LogP contribution < -0.4 is 5.32 Å². The Hall–Kier alpha value is -1.16. The zero-order chi connectivity index (χ0) is 14.5. The quantitative estimate of drug-likeness (QED) is 0.904. The molecule has 2 heterocycles. The normalized spacial score (nSPS) is 18.7. The molecule has 1 N–H and O–H groups in total. The minimum absolute atomic E-state index is 0.339. The lowest BCUT2D eigenvalue weighted by Crippen LogP contribution is -2.36. The molecule has 3 heteroatoms. The Kier molecular flexibility index (Phi) is 5.07. The van der Waals surface area contributed by atoms with E-state index in [2.05, 4.69) is 65.1 Å². The maximum atomic E-state index is 3.81. The smallest absolute Gasteiger partial charge is 0.0671 e. The molecule has 1 aromatic heterocycles. The standard InChI is InChI=1S/C18H24N2S/c1-20-11-9-15(10-12-20)14-19-18(17-8-5-13-21-17)16-6-3-2-4-7-16/h2-8,13,15,18-19H,9-12,14H2,1H3. The molecule has 0 saturated carbocycles. The Balaban J connectivity index is 1.66. The molecule has 2 aromatic rings. The van der Waals surface area contributed by atoms with Crippen molar-refractivity contribution < 1.29 is 0 Å². The number of rotatable bonds is 5. The SMILES string of the molecule is CN1CCC(CNC(c2ccccc2)c2cccs2)CC1. The van der Waals surface area contributed by atoms with Gasteiger partial charge in [0.15, 0.2) is 0 Å². The lowest BCUT2D eigenvalue weighted by molar-refractivity contribution is 0.214. The Morgan fingerprint density at radius 2 is 1.90 bits per heavy atom. The Bertz CT molecular complexity index is 515. The van der Waals surface area contributed by atoms with Crippen LogP contribution in [0.3, 0.4) is 0 Å². The van der Waals surface area contributed by atoms with Crippen molar-refractivity contribution in [2.45, 2.75) is 18.9 Å². The first kappa shape index (κ1) is 14.8. The topological polar surface area (TPSA) is 15.3 Å². The van der Waals surface area contributed by atoms with Crippen molar-refractivity contribution in [3.8, 4) is 0 Å². The molecular formula is C18H24N2S. The molecule has 1 atom stereocenters. The number of hydrogen-bond donors (Lipinski definition) is 1. The number of likely N-dealkylation sites (tertiary alicyclic amines) is 1. The molecule has 1 aromatic carbocycles. The van der Waals surface area contributed by atoms with Crippen LogP contribution in [-0.4, -0.2) is 31.6 Å². The van der Waals surface area contributed by atoms with Crippen LogP contribution in [0.5, 0.6) is 0 Å². The molecule has 1 aliphatic heterocycles. The third-order valence-electron chi connectivity index (χ3n) is 4.41. The highest BCUT2D eigenvalue weighted by Gasteiger charge is 2.20. The van der Waals surface area contributed by atoms with Crippen LogP contribution in [0.4, 0.5) is 0 Å². The lowest BCUT2D eigenvalue weighted by Gasteiger charge is -2.30. The minimum atomic E-state index is 0.339. The van der Waals surface area contributed by atoms with E-state index in [1.807, 2.05) is 11.3 Å². The second kappa shape index (κ2) is 7.21. The fourth-order valence-electron chi connectivity index (χ4n) is 3.03. The first-order valence-electron chi connectivity index (χ1n) is 7.83. The summed E-state index contributed by atoms with van der Waals surface area (Å²) < 4.78 is 0. The van der Waals surface area contributed by atoms with Gasteiger partial charge in [-0.1, -0.05) is 36.4 Å². The van der Waals surface area contributed by atoms with Crippen molar-refractivity contribution in [2.75, 3.05) is 26.7 Å². The van der Waals surface area contributed by atoms with Crippen LogP contribution in [0, 0.1) is 5.92 Å². The van der Waals surface area contributed by atoms with Crippen LogP contribution in [-0.2, 0) is 0 Å². The van der Waals surface area contributed by atoms with Gasteiger partial charge >= 0.3 is 0 Å². The molecule has 1 unspecified atom stereocenters. The van der Waals surface area contributed by atoms with Crippen molar-refractivity contribution in [1.82, 2.24) is 10.2 Å². The highest BCUT2D eigenvalue weighted by atomic mass is 32.1. The van der Waals surface area contributed by atoms with E-state index in [1.165, 1.54) is 36.4 Å². The molecule has 0 amide bonds. The summed E-state index contributed by atoms with van der Waals surface area (Å²) in [6.45, 7) is 3.59. The van der Waals surface area contributed by atoms with Crippen molar-refractivity contribution in [2.24, 2.45) is 5.92 Å². The number of benzene rings is 1. The van der Waals surface area contributed by atoms with E-state index >= 15 is 0 Å². The molecule has 3 rings (SSSR count). The Morgan fingerprint density at radius 3 is 2.57 bits per heavy atom. The molecule has 0 spiro atoms. The lowest BCUT2D eigenvalue weighted by atomic mass is 9.96. The predicted molar refractivity (Wildman–Crippen MR) is 90.8 cm³/mol. The highest BCUT2D eigenvalue weighted by molar-refractivity contribution is 7.10. The van der Waals surface area contributed by atoms with Crippen LogP contribution in [0.2, 0.25) is 0 Å². The van der Waals surface area contributed by atoms with Gasteiger partial charge in [-0.25, -0.2) is 0 Å². The zero-order valence-corrected chi connectivity index (χ0v) is 13.5. The summed E-state index contributed by atoms with van der Waals surface area (Å²) in [4.78, 5) is 3.85. The summed E-state index contributed by atoms with van der Waals surface area (Å²) in [5, 5.41) is 5.98. The summed E-state index contributed by atoms with van der Waals surface area (Å²) in [7, 11) is 2.22. The van der Waals surface area contributed by atoms with E-state index in [0.717, 1.165) is 12.5 Å². The largest absolute Gasteiger partial charge is 0.306 e. The van der Waals surface area contributed by atoms with Gasteiger partial charge in [-0.2, -0.15) is 0 Å². The van der Waals surface area contributed by atoms with Crippen LogP contribution in [0.1, 0.15) is 29.3 Å². The van der Waals surface area contributed by atoms with Crippen molar-refractivity contribution in [1.29, 1.82) is 0 Å². The van der Waals surface area contributed by atoms with Crippen LogP contribution in [0.15, 0.2) is 47.8 Å². The van der Waals surface area contributed by atoms with Gasteiger partial charge in [-0.05, 0) is 62.5 Å². The molecule has 0 bridgehead atoms. The molecule has 1 aliphatic rings. The Labute approximate surface area is 131 Å². The van der Waals surface area contributed by atoms with Gasteiger partial charge in [0.1, 0.15) is 0 Å². The fourth-order valence-corrected chi connectivity index (χ4v) is 3.86. The summed E-state index contributed by atoms with van der Waals surface area (Å²) in [6, 6.07) is 15.5. The molecule has 2 nitrogen and oxygen atoms in total. The van der Waals surface area contributed by atoms with Crippen molar-refractivity contribution >= 4 is 11.3 Å².